The summed E-state index contributed by atoms with van der Waals surface area (Å²) in [6.45, 7) is 2.19. The molecule has 0 aliphatic carbocycles. The van der Waals surface area contributed by atoms with Crippen molar-refractivity contribution >= 4 is 11.6 Å². The van der Waals surface area contributed by atoms with Gasteiger partial charge in [0.1, 0.15) is 5.82 Å². The molecule has 1 unspecified atom stereocenters. The molecule has 0 aromatic heterocycles. The first-order valence-corrected chi connectivity index (χ1v) is 8.72. The first kappa shape index (κ1) is 17.4. The second kappa shape index (κ2) is 8.12. The molecule has 1 aliphatic heterocycles. The van der Waals surface area contributed by atoms with Crippen LogP contribution in [0.5, 0.6) is 0 Å². The fourth-order valence-corrected chi connectivity index (χ4v) is 3.27. The molecule has 1 fully saturated rings. The number of hydrogen-bond acceptors (Lipinski definition) is 3. The summed E-state index contributed by atoms with van der Waals surface area (Å²) in [5, 5.41) is 3.04. The SMILES string of the molecule is Nc1ccc(CCNC(=O)C2CCCN2Cc2ccc(F)cc2)cc1. The highest BCUT2D eigenvalue weighted by atomic mass is 19.1. The predicted molar refractivity (Wildman–Crippen MR) is 97.4 cm³/mol. The summed E-state index contributed by atoms with van der Waals surface area (Å²) in [5.74, 6) is -0.155. The normalized spacial score (nSPS) is 17.6. The van der Waals surface area contributed by atoms with Crippen LogP contribution in [0.1, 0.15) is 24.0 Å². The molecule has 2 aromatic rings. The zero-order valence-corrected chi connectivity index (χ0v) is 14.2. The molecule has 3 N–H and O–H groups in total. The molecule has 1 atom stereocenters. The number of halogens is 1. The van der Waals surface area contributed by atoms with E-state index in [-0.39, 0.29) is 17.8 Å². The van der Waals surface area contributed by atoms with Gasteiger partial charge in [-0.2, -0.15) is 0 Å². The van der Waals surface area contributed by atoms with Crippen LogP contribution in [-0.2, 0) is 17.8 Å². The lowest BCUT2D eigenvalue weighted by atomic mass is 10.1. The number of rotatable bonds is 6. The van der Waals surface area contributed by atoms with Crippen LogP contribution < -0.4 is 11.1 Å². The third-order valence-corrected chi connectivity index (χ3v) is 4.66. The van der Waals surface area contributed by atoms with Gasteiger partial charge in [-0.3, -0.25) is 9.69 Å². The second-order valence-corrected chi connectivity index (χ2v) is 6.54. The molecule has 2 aromatic carbocycles. The molecule has 1 saturated heterocycles. The van der Waals surface area contributed by atoms with Gasteiger partial charge in [0.2, 0.25) is 5.91 Å². The standard InChI is InChI=1S/C20H24FN3O/c21-17-7-3-16(4-8-17)14-24-13-1-2-19(24)20(25)23-12-11-15-5-9-18(22)10-6-15/h3-10,19H,1-2,11-14,22H2,(H,23,25). The predicted octanol–water partition coefficient (Wildman–Crippen LogP) is 2.73. The van der Waals surface area contributed by atoms with Gasteiger partial charge in [0, 0.05) is 18.8 Å². The van der Waals surface area contributed by atoms with Gasteiger partial charge in [-0.05, 0) is 61.2 Å². The zero-order valence-electron chi connectivity index (χ0n) is 14.2. The first-order chi connectivity index (χ1) is 12.1. The molecule has 3 rings (SSSR count). The lowest BCUT2D eigenvalue weighted by molar-refractivity contribution is -0.125. The van der Waals surface area contributed by atoms with E-state index in [0.29, 0.717) is 13.1 Å². The van der Waals surface area contributed by atoms with Crippen molar-refractivity contribution in [3.05, 3.63) is 65.5 Å². The third kappa shape index (κ3) is 4.79. The fourth-order valence-electron chi connectivity index (χ4n) is 3.27. The van der Waals surface area contributed by atoms with Crippen LogP contribution in [0.3, 0.4) is 0 Å². The number of nitrogens with two attached hydrogens (primary N) is 1. The minimum absolute atomic E-state index is 0.0788. The molecule has 1 heterocycles. The van der Waals surface area contributed by atoms with Crippen molar-refractivity contribution in [3.8, 4) is 0 Å². The number of likely N-dealkylation sites (tertiary alicyclic amines) is 1. The molecule has 1 aliphatic rings. The van der Waals surface area contributed by atoms with Crippen molar-refractivity contribution in [2.75, 3.05) is 18.8 Å². The monoisotopic (exact) mass is 341 g/mol. The minimum Gasteiger partial charge on any atom is -0.399 e. The zero-order chi connectivity index (χ0) is 17.6. The van der Waals surface area contributed by atoms with Crippen molar-refractivity contribution < 1.29 is 9.18 Å². The molecule has 25 heavy (non-hydrogen) atoms. The fraction of sp³-hybridized carbons (Fsp3) is 0.350. The van der Waals surface area contributed by atoms with Crippen LogP contribution in [0.4, 0.5) is 10.1 Å². The van der Waals surface area contributed by atoms with Gasteiger partial charge in [-0.25, -0.2) is 4.39 Å². The van der Waals surface area contributed by atoms with Crippen molar-refractivity contribution in [1.29, 1.82) is 0 Å². The van der Waals surface area contributed by atoms with Gasteiger partial charge < -0.3 is 11.1 Å². The third-order valence-electron chi connectivity index (χ3n) is 4.66. The highest BCUT2D eigenvalue weighted by molar-refractivity contribution is 5.82. The maximum absolute atomic E-state index is 13.0. The van der Waals surface area contributed by atoms with Crippen molar-refractivity contribution in [2.24, 2.45) is 0 Å². The van der Waals surface area contributed by atoms with E-state index < -0.39 is 0 Å². The summed E-state index contributed by atoms with van der Waals surface area (Å²) in [4.78, 5) is 14.7. The number of benzene rings is 2. The highest BCUT2D eigenvalue weighted by Crippen LogP contribution is 2.20. The first-order valence-electron chi connectivity index (χ1n) is 8.72. The summed E-state index contributed by atoms with van der Waals surface area (Å²) in [6.07, 6.45) is 2.67. The summed E-state index contributed by atoms with van der Waals surface area (Å²) in [5.41, 5.74) is 8.61. The van der Waals surface area contributed by atoms with E-state index in [9.17, 15) is 9.18 Å². The number of nitrogens with zero attached hydrogens (tertiary/aromatic N) is 1. The van der Waals surface area contributed by atoms with E-state index in [1.54, 1.807) is 12.1 Å². The number of hydrogen-bond donors (Lipinski definition) is 2. The second-order valence-electron chi connectivity index (χ2n) is 6.54. The number of carbonyl (C=O) groups excluding carboxylic acids is 1. The summed E-state index contributed by atoms with van der Waals surface area (Å²) >= 11 is 0. The van der Waals surface area contributed by atoms with Gasteiger partial charge in [-0.1, -0.05) is 24.3 Å². The Morgan fingerprint density at radius 1 is 1.12 bits per heavy atom. The maximum Gasteiger partial charge on any atom is 0.237 e. The lowest BCUT2D eigenvalue weighted by Crippen LogP contribution is -2.43. The summed E-state index contributed by atoms with van der Waals surface area (Å²) < 4.78 is 13.0. The molecule has 0 bridgehead atoms. The Balaban J connectivity index is 1.50. The van der Waals surface area contributed by atoms with Gasteiger partial charge >= 0.3 is 0 Å². The Morgan fingerprint density at radius 3 is 2.52 bits per heavy atom. The number of anilines is 1. The number of carbonyl (C=O) groups is 1. The molecule has 132 valence electrons. The minimum atomic E-state index is -0.234. The van der Waals surface area contributed by atoms with Crippen molar-refractivity contribution in [3.63, 3.8) is 0 Å². The van der Waals surface area contributed by atoms with Gasteiger partial charge in [0.25, 0.3) is 0 Å². The van der Waals surface area contributed by atoms with Gasteiger partial charge in [0.15, 0.2) is 0 Å². The molecule has 1 amide bonds. The Morgan fingerprint density at radius 2 is 1.80 bits per heavy atom. The number of nitrogens with one attached hydrogen (secondary N) is 1. The van der Waals surface area contributed by atoms with Crippen molar-refractivity contribution in [2.45, 2.75) is 31.8 Å². The van der Waals surface area contributed by atoms with Crippen LogP contribution in [-0.4, -0.2) is 29.9 Å². The van der Waals surface area contributed by atoms with E-state index >= 15 is 0 Å². The molecule has 4 nitrogen and oxygen atoms in total. The average molecular weight is 341 g/mol. The van der Waals surface area contributed by atoms with Gasteiger partial charge in [-0.15, -0.1) is 0 Å². The van der Waals surface area contributed by atoms with E-state index in [2.05, 4.69) is 10.2 Å². The smallest absolute Gasteiger partial charge is 0.237 e. The molecule has 0 saturated carbocycles. The molecular formula is C20H24FN3O. The van der Waals surface area contributed by atoms with E-state index in [1.807, 2.05) is 24.3 Å². The Labute approximate surface area is 147 Å². The van der Waals surface area contributed by atoms with Crippen LogP contribution in [0, 0.1) is 5.82 Å². The molecule has 5 heteroatoms. The van der Waals surface area contributed by atoms with E-state index in [1.165, 1.54) is 12.1 Å². The van der Waals surface area contributed by atoms with Crippen LogP contribution in [0.2, 0.25) is 0 Å². The summed E-state index contributed by atoms with van der Waals surface area (Å²) in [7, 11) is 0. The highest BCUT2D eigenvalue weighted by Gasteiger charge is 2.30. The Hall–Kier alpha value is -2.40. The Kier molecular flexibility index (Phi) is 5.66. The quantitative estimate of drug-likeness (QED) is 0.794. The number of nitrogen functional groups attached to an aromatic ring is 1. The van der Waals surface area contributed by atoms with E-state index in [4.69, 9.17) is 5.73 Å². The van der Waals surface area contributed by atoms with Crippen molar-refractivity contribution in [1.82, 2.24) is 10.2 Å². The Bertz CT molecular complexity index is 700. The molecular weight excluding hydrogens is 317 g/mol. The average Bonchev–Trinajstić information content (AvgIpc) is 3.07. The molecule has 0 spiro atoms. The van der Waals surface area contributed by atoms with Gasteiger partial charge in [0.05, 0.1) is 6.04 Å². The maximum atomic E-state index is 13.0. The van der Waals surface area contributed by atoms with Crippen LogP contribution in [0.15, 0.2) is 48.5 Å². The topological polar surface area (TPSA) is 58.4 Å². The lowest BCUT2D eigenvalue weighted by Gasteiger charge is -2.23. The molecule has 0 radical (unpaired) electrons. The van der Waals surface area contributed by atoms with E-state index in [0.717, 1.165) is 42.6 Å². The van der Waals surface area contributed by atoms with Crippen LogP contribution >= 0.6 is 0 Å². The number of amides is 1. The van der Waals surface area contributed by atoms with Crippen LogP contribution in [0.25, 0.3) is 0 Å². The largest absolute Gasteiger partial charge is 0.399 e. The summed E-state index contributed by atoms with van der Waals surface area (Å²) in [6, 6.07) is 14.1.